The fraction of sp³-hybridized carbons (Fsp3) is 0.385. The number of aliphatic carboxylic acids is 1. The monoisotopic (exact) mass is 305 g/mol. The summed E-state index contributed by atoms with van der Waals surface area (Å²) in [7, 11) is 0. The Morgan fingerprint density at radius 3 is 2.38 bits per heavy atom. The van der Waals surface area contributed by atoms with E-state index in [0.29, 0.717) is 6.42 Å². The van der Waals surface area contributed by atoms with Crippen LogP contribution in [0.4, 0.5) is 18.0 Å². The molecule has 1 atom stereocenters. The van der Waals surface area contributed by atoms with Gasteiger partial charge in [-0.15, -0.1) is 0 Å². The molecule has 1 aromatic rings. The van der Waals surface area contributed by atoms with Gasteiger partial charge < -0.3 is 15.2 Å². The van der Waals surface area contributed by atoms with E-state index in [9.17, 15) is 22.8 Å². The molecular weight excluding hydrogens is 291 g/mol. The average molecular weight is 305 g/mol. The van der Waals surface area contributed by atoms with Crippen molar-refractivity contribution >= 4 is 12.1 Å². The number of benzene rings is 1. The van der Waals surface area contributed by atoms with Gasteiger partial charge in [-0.25, -0.2) is 9.59 Å². The molecule has 5 nitrogen and oxygen atoms in total. The van der Waals surface area contributed by atoms with Gasteiger partial charge in [0.15, 0.2) is 6.61 Å². The van der Waals surface area contributed by atoms with E-state index in [1.807, 2.05) is 5.32 Å². The first-order chi connectivity index (χ1) is 9.78. The number of hydrogen-bond acceptors (Lipinski definition) is 3. The largest absolute Gasteiger partial charge is 0.480 e. The smallest absolute Gasteiger partial charge is 0.422 e. The van der Waals surface area contributed by atoms with Crippen LogP contribution in [0.25, 0.3) is 0 Å². The SMILES string of the molecule is O=C(N[C@@H](CCc1ccccc1)C(=O)O)OCC(F)(F)F. The van der Waals surface area contributed by atoms with Crippen LogP contribution < -0.4 is 5.32 Å². The highest BCUT2D eigenvalue weighted by Gasteiger charge is 2.30. The van der Waals surface area contributed by atoms with Gasteiger partial charge in [0.25, 0.3) is 0 Å². The van der Waals surface area contributed by atoms with Crippen molar-refractivity contribution in [2.45, 2.75) is 25.1 Å². The lowest BCUT2D eigenvalue weighted by Gasteiger charge is -2.15. The molecule has 0 saturated carbocycles. The number of amides is 1. The van der Waals surface area contributed by atoms with Crippen LogP contribution >= 0.6 is 0 Å². The van der Waals surface area contributed by atoms with Gasteiger partial charge in [-0.1, -0.05) is 30.3 Å². The number of carbonyl (C=O) groups excluding carboxylic acids is 1. The van der Waals surface area contributed by atoms with E-state index in [0.717, 1.165) is 5.56 Å². The zero-order valence-electron chi connectivity index (χ0n) is 10.9. The van der Waals surface area contributed by atoms with Crippen LogP contribution in [0.3, 0.4) is 0 Å². The van der Waals surface area contributed by atoms with Gasteiger partial charge in [0, 0.05) is 0 Å². The quantitative estimate of drug-likeness (QED) is 0.846. The topological polar surface area (TPSA) is 75.6 Å². The Labute approximate surface area is 118 Å². The third-order valence-electron chi connectivity index (χ3n) is 2.52. The number of nitrogens with one attached hydrogen (secondary N) is 1. The first-order valence-corrected chi connectivity index (χ1v) is 6.04. The summed E-state index contributed by atoms with van der Waals surface area (Å²) in [5.74, 6) is -1.34. The van der Waals surface area contributed by atoms with Gasteiger partial charge in [-0.3, -0.25) is 0 Å². The molecule has 0 saturated heterocycles. The molecule has 1 amide bonds. The van der Waals surface area contributed by atoms with Crippen molar-refractivity contribution in [1.29, 1.82) is 0 Å². The van der Waals surface area contributed by atoms with E-state index in [1.54, 1.807) is 30.3 Å². The van der Waals surface area contributed by atoms with E-state index in [4.69, 9.17) is 5.11 Å². The minimum Gasteiger partial charge on any atom is -0.480 e. The highest BCUT2D eigenvalue weighted by atomic mass is 19.4. The molecule has 8 heteroatoms. The van der Waals surface area contributed by atoms with Gasteiger partial charge in [0.2, 0.25) is 0 Å². The van der Waals surface area contributed by atoms with Crippen LogP contribution in [0.15, 0.2) is 30.3 Å². The lowest BCUT2D eigenvalue weighted by molar-refractivity contribution is -0.160. The second kappa shape index (κ2) is 7.51. The highest BCUT2D eigenvalue weighted by molar-refractivity contribution is 5.79. The number of ether oxygens (including phenoxy) is 1. The fourth-order valence-corrected chi connectivity index (χ4v) is 1.54. The minimum absolute atomic E-state index is 0.0421. The maximum absolute atomic E-state index is 11.9. The molecule has 0 aliphatic heterocycles. The molecule has 0 fully saturated rings. The summed E-state index contributed by atoms with van der Waals surface area (Å²) in [4.78, 5) is 22.1. The molecule has 0 aliphatic rings. The minimum atomic E-state index is -4.65. The molecule has 0 radical (unpaired) electrons. The number of halogens is 3. The van der Waals surface area contributed by atoms with Crippen LogP contribution in [-0.2, 0) is 16.0 Å². The van der Waals surface area contributed by atoms with Crippen molar-refractivity contribution in [3.05, 3.63) is 35.9 Å². The van der Waals surface area contributed by atoms with Gasteiger partial charge in [0.1, 0.15) is 6.04 Å². The van der Waals surface area contributed by atoms with E-state index >= 15 is 0 Å². The molecule has 1 rings (SSSR count). The summed E-state index contributed by atoms with van der Waals surface area (Å²) in [5, 5.41) is 10.8. The normalized spacial score (nSPS) is 12.5. The van der Waals surface area contributed by atoms with Crippen molar-refractivity contribution in [3.8, 4) is 0 Å². The number of aryl methyl sites for hydroxylation is 1. The highest BCUT2D eigenvalue weighted by Crippen LogP contribution is 2.14. The van der Waals surface area contributed by atoms with Crippen LogP contribution in [-0.4, -0.2) is 36.0 Å². The summed E-state index contributed by atoms with van der Waals surface area (Å²) < 4.78 is 39.5. The first-order valence-electron chi connectivity index (χ1n) is 6.04. The predicted molar refractivity (Wildman–Crippen MR) is 66.7 cm³/mol. The molecule has 0 aliphatic carbocycles. The second-order valence-corrected chi connectivity index (χ2v) is 4.25. The predicted octanol–water partition coefficient (Wildman–Crippen LogP) is 2.36. The number of carboxylic acids is 1. The third kappa shape index (κ3) is 7.19. The van der Waals surface area contributed by atoms with E-state index in [1.165, 1.54) is 0 Å². The molecule has 0 bridgehead atoms. The maximum atomic E-state index is 11.9. The third-order valence-corrected chi connectivity index (χ3v) is 2.52. The molecular formula is C13H14F3NO4. The summed E-state index contributed by atoms with van der Waals surface area (Å²) in [6.07, 6.45) is -5.66. The second-order valence-electron chi connectivity index (χ2n) is 4.25. The maximum Gasteiger partial charge on any atom is 0.422 e. The summed E-state index contributed by atoms with van der Waals surface area (Å²) in [5.41, 5.74) is 0.856. The Morgan fingerprint density at radius 1 is 1.24 bits per heavy atom. The number of alkyl carbamates (subject to hydrolysis) is 1. The number of carbonyl (C=O) groups is 2. The first kappa shape index (κ1) is 16.8. The van der Waals surface area contributed by atoms with Crippen LogP contribution in [0.2, 0.25) is 0 Å². The summed E-state index contributed by atoms with van der Waals surface area (Å²) >= 11 is 0. The molecule has 116 valence electrons. The van der Waals surface area contributed by atoms with Crippen LogP contribution in [0.1, 0.15) is 12.0 Å². The molecule has 21 heavy (non-hydrogen) atoms. The zero-order valence-corrected chi connectivity index (χ0v) is 10.9. The standard InChI is InChI=1S/C13H14F3NO4/c14-13(15,16)8-21-12(20)17-10(11(18)19)7-6-9-4-2-1-3-5-9/h1-5,10H,6-8H2,(H,17,20)(H,18,19)/t10-/m0/s1. The lowest BCUT2D eigenvalue weighted by Crippen LogP contribution is -2.42. The molecule has 0 heterocycles. The lowest BCUT2D eigenvalue weighted by atomic mass is 10.1. The Balaban J connectivity index is 2.46. The van der Waals surface area contributed by atoms with Crippen molar-refractivity contribution in [1.82, 2.24) is 5.32 Å². The van der Waals surface area contributed by atoms with E-state index in [2.05, 4.69) is 4.74 Å². The van der Waals surface area contributed by atoms with Crippen molar-refractivity contribution in [2.75, 3.05) is 6.61 Å². The molecule has 0 aromatic heterocycles. The molecule has 1 aromatic carbocycles. The summed E-state index contributed by atoms with van der Waals surface area (Å²) in [6, 6.07) is 7.59. The number of alkyl halides is 3. The van der Waals surface area contributed by atoms with Crippen molar-refractivity contribution in [3.63, 3.8) is 0 Å². The number of hydrogen-bond donors (Lipinski definition) is 2. The number of rotatable bonds is 6. The van der Waals surface area contributed by atoms with Crippen molar-refractivity contribution < 1.29 is 32.6 Å². The molecule has 2 N–H and O–H groups in total. The van der Waals surface area contributed by atoms with Gasteiger partial charge >= 0.3 is 18.2 Å². The Hall–Kier alpha value is -2.25. The van der Waals surface area contributed by atoms with Gasteiger partial charge in [-0.05, 0) is 18.4 Å². The Morgan fingerprint density at radius 2 is 1.86 bits per heavy atom. The van der Waals surface area contributed by atoms with Crippen LogP contribution in [0.5, 0.6) is 0 Å². The average Bonchev–Trinajstić information content (AvgIpc) is 2.41. The summed E-state index contributed by atoms with van der Waals surface area (Å²) in [6.45, 7) is -1.76. The Kier molecular flexibility index (Phi) is 6.01. The van der Waals surface area contributed by atoms with Crippen LogP contribution in [0, 0.1) is 0 Å². The van der Waals surface area contributed by atoms with E-state index < -0.39 is 30.9 Å². The van der Waals surface area contributed by atoms with Gasteiger partial charge in [0.05, 0.1) is 0 Å². The fourth-order valence-electron chi connectivity index (χ4n) is 1.54. The molecule has 0 unspecified atom stereocenters. The zero-order chi connectivity index (χ0) is 15.9. The molecule has 0 spiro atoms. The number of carboxylic acid groups (broad SMARTS) is 1. The van der Waals surface area contributed by atoms with E-state index in [-0.39, 0.29) is 6.42 Å². The van der Waals surface area contributed by atoms with Crippen molar-refractivity contribution in [2.24, 2.45) is 0 Å². The Bertz CT molecular complexity index is 476. The van der Waals surface area contributed by atoms with Gasteiger partial charge in [-0.2, -0.15) is 13.2 Å².